The molecule has 0 amide bonds. The van der Waals surface area contributed by atoms with E-state index >= 15 is 0 Å². The third kappa shape index (κ3) is 9.41. The minimum absolute atomic E-state index is 0.406. The van der Waals surface area contributed by atoms with Crippen LogP contribution in [-0.4, -0.2) is 56.6 Å². The molecule has 0 aliphatic carbocycles. The van der Waals surface area contributed by atoms with Crippen molar-refractivity contribution >= 4 is 16.5 Å². The molecule has 16 heavy (non-hydrogen) atoms. The molecule has 100 valence electrons. The Bertz CT molecular complexity index is 186. The molecule has 2 atom stereocenters. The molecule has 0 saturated heterocycles. The van der Waals surface area contributed by atoms with Crippen LogP contribution in [0.25, 0.3) is 0 Å². The van der Waals surface area contributed by atoms with Crippen molar-refractivity contribution in [2.24, 2.45) is 5.41 Å². The zero-order valence-corrected chi connectivity index (χ0v) is 10.2. The van der Waals surface area contributed by atoms with E-state index in [4.69, 9.17) is 30.2 Å². The quantitative estimate of drug-likeness (QED) is 0.294. The third-order valence-corrected chi connectivity index (χ3v) is 2.91. The summed E-state index contributed by atoms with van der Waals surface area (Å²) >= 11 is 0. The molecule has 0 heterocycles. The number of hydrogen-bond acceptors (Lipinski definition) is 7. The highest BCUT2D eigenvalue weighted by Gasteiger charge is 2.26. The minimum Gasteiger partial charge on any atom is -0.396 e. The van der Waals surface area contributed by atoms with Crippen LogP contribution >= 0.6 is 16.5 Å². The lowest BCUT2D eigenvalue weighted by Crippen LogP contribution is -2.37. The Kier molecular flexibility index (Phi) is 12.0. The van der Waals surface area contributed by atoms with Gasteiger partial charge in [-0.05, 0) is 0 Å². The lowest BCUT2D eigenvalue weighted by Gasteiger charge is -2.23. The van der Waals surface area contributed by atoms with Crippen LogP contribution in [0.2, 0.25) is 0 Å². The highest BCUT2D eigenvalue weighted by molar-refractivity contribution is 7.46. The number of aliphatic hydroxyl groups excluding tert-OH is 4. The summed E-state index contributed by atoms with van der Waals surface area (Å²) in [5.41, 5.74) is -1.11. The Balaban J connectivity index is 0. The van der Waals surface area contributed by atoms with Crippen molar-refractivity contribution in [1.29, 1.82) is 0 Å². The fourth-order valence-corrected chi connectivity index (χ4v) is 0.972. The molecule has 11 heteroatoms. The van der Waals surface area contributed by atoms with Crippen LogP contribution in [0.5, 0.6) is 0 Å². The third-order valence-electron chi connectivity index (χ3n) is 1.52. The van der Waals surface area contributed by atoms with Crippen molar-refractivity contribution in [2.45, 2.75) is 0 Å². The van der Waals surface area contributed by atoms with Crippen molar-refractivity contribution in [3.05, 3.63) is 0 Å². The smallest absolute Gasteiger partial charge is 0.323 e. The molecular formula is C5H16O9P2. The van der Waals surface area contributed by atoms with Crippen LogP contribution in [0.4, 0.5) is 0 Å². The number of rotatable bonds is 6. The molecule has 0 aromatic rings. The van der Waals surface area contributed by atoms with Crippen LogP contribution in [0.3, 0.4) is 0 Å². The van der Waals surface area contributed by atoms with Gasteiger partial charge in [-0.15, -0.1) is 0 Å². The van der Waals surface area contributed by atoms with E-state index in [9.17, 15) is 9.13 Å². The first-order valence-corrected chi connectivity index (χ1v) is 6.47. The first-order valence-electron chi connectivity index (χ1n) is 3.94. The average Bonchev–Trinajstić information content (AvgIpc) is 2.21. The van der Waals surface area contributed by atoms with Gasteiger partial charge in [0.05, 0.1) is 31.8 Å². The minimum atomic E-state index is -3.20. The van der Waals surface area contributed by atoms with Gasteiger partial charge in [0.1, 0.15) is 0 Å². The monoisotopic (exact) mass is 282 g/mol. The van der Waals surface area contributed by atoms with Crippen molar-refractivity contribution in [3.8, 4) is 0 Å². The summed E-state index contributed by atoms with van der Waals surface area (Å²) in [5.74, 6) is 0. The summed E-state index contributed by atoms with van der Waals surface area (Å²) in [6.07, 6.45) is 0. The normalized spacial score (nSPS) is 14.9. The molecule has 0 fully saturated rings. The summed E-state index contributed by atoms with van der Waals surface area (Å²) in [4.78, 5) is 15.4. The van der Waals surface area contributed by atoms with E-state index in [1.807, 2.05) is 0 Å². The highest BCUT2D eigenvalue weighted by atomic mass is 31.2. The maximum absolute atomic E-state index is 9.44. The molecule has 0 radical (unpaired) electrons. The topological polar surface area (TPSA) is 165 Å². The number of aliphatic hydroxyl groups is 4. The van der Waals surface area contributed by atoms with Gasteiger partial charge in [-0.3, -0.25) is 9.13 Å². The van der Waals surface area contributed by atoms with Gasteiger partial charge in [0.25, 0.3) is 0 Å². The van der Waals surface area contributed by atoms with Crippen LogP contribution in [0.1, 0.15) is 0 Å². The van der Waals surface area contributed by atoms with Crippen LogP contribution in [0, 0.1) is 5.41 Å². The maximum atomic E-state index is 9.44. The van der Waals surface area contributed by atoms with Crippen LogP contribution in [0.15, 0.2) is 0 Å². The number of hydrogen-bond donors (Lipinski definition) is 6. The van der Waals surface area contributed by atoms with Crippen LogP contribution < -0.4 is 0 Å². The summed E-state index contributed by atoms with van der Waals surface area (Å²) in [5, 5.41) is 34.0. The zero-order valence-electron chi connectivity index (χ0n) is 8.24. The molecule has 0 bridgehead atoms. The van der Waals surface area contributed by atoms with Crippen LogP contribution in [-0.2, 0) is 13.4 Å². The SMILES string of the molecule is O=[PH](O)O[PH](=O)O.OCC(CO)(CO)CO. The van der Waals surface area contributed by atoms with Gasteiger partial charge in [0.15, 0.2) is 0 Å². The predicted octanol–water partition coefficient (Wildman–Crippen LogP) is -2.29. The average molecular weight is 282 g/mol. The van der Waals surface area contributed by atoms with Gasteiger partial charge in [-0.2, -0.15) is 0 Å². The molecule has 0 aliphatic rings. The first-order chi connectivity index (χ1) is 7.37. The molecule has 0 aromatic heterocycles. The van der Waals surface area contributed by atoms with Crippen molar-refractivity contribution in [2.75, 3.05) is 26.4 Å². The van der Waals surface area contributed by atoms with Gasteiger partial charge < -0.3 is 30.2 Å². The molecule has 0 rings (SSSR count). The Morgan fingerprint density at radius 2 is 1.06 bits per heavy atom. The summed E-state index contributed by atoms with van der Waals surface area (Å²) in [6, 6.07) is 0. The second-order valence-electron chi connectivity index (χ2n) is 2.77. The predicted molar refractivity (Wildman–Crippen MR) is 54.3 cm³/mol. The molecule has 0 saturated carbocycles. The molecule has 2 unspecified atom stereocenters. The van der Waals surface area contributed by atoms with Gasteiger partial charge in [0.2, 0.25) is 0 Å². The van der Waals surface area contributed by atoms with Gasteiger partial charge in [0, 0.05) is 0 Å². The van der Waals surface area contributed by atoms with E-state index in [2.05, 4.69) is 4.31 Å². The van der Waals surface area contributed by atoms with E-state index in [1.54, 1.807) is 0 Å². The largest absolute Gasteiger partial charge is 0.396 e. The fourth-order valence-electron chi connectivity index (χ4n) is 0.375. The summed E-state index contributed by atoms with van der Waals surface area (Å²) in [7, 11) is -6.40. The maximum Gasteiger partial charge on any atom is 0.323 e. The van der Waals surface area contributed by atoms with Crippen molar-refractivity contribution in [3.63, 3.8) is 0 Å². The lowest BCUT2D eigenvalue weighted by molar-refractivity contribution is -0.0328. The molecule has 9 nitrogen and oxygen atoms in total. The van der Waals surface area contributed by atoms with Gasteiger partial charge >= 0.3 is 16.5 Å². The molecule has 0 aromatic carbocycles. The summed E-state index contributed by atoms with van der Waals surface area (Å²) < 4.78 is 22.3. The lowest BCUT2D eigenvalue weighted by atomic mass is 9.93. The van der Waals surface area contributed by atoms with E-state index in [-0.39, 0.29) is 0 Å². The standard InChI is InChI=1S/C5H12O4.H4O5P2/c6-1-5(2-7,3-8)4-9;1-6(2)5-7(3)4/h6-9H,1-4H2;6-7H,(H,1,2)(H,3,4). The van der Waals surface area contributed by atoms with Gasteiger partial charge in [-0.25, -0.2) is 4.31 Å². The second-order valence-corrected chi connectivity index (χ2v) is 4.65. The molecular weight excluding hydrogens is 266 g/mol. The first kappa shape index (κ1) is 18.5. The Morgan fingerprint density at radius 3 is 1.06 bits per heavy atom. The fraction of sp³-hybridized carbons (Fsp3) is 1.00. The molecule has 0 aliphatic heterocycles. The van der Waals surface area contributed by atoms with Gasteiger partial charge in [-0.1, -0.05) is 0 Å². The Labute approximate surface area is 92.8 Å². The van der Waals surface area contributed by atoms with E-state index in [0.717, 1.165) is 0 Å². The van der Waals surface area contributed by atoms with Crippen molar-refractivity contribution < 1.29 is 43.7 Å². The summed E-state index contributed by atoms with van der Waals surface area (Å²) in [6.45, 7) is -1.62. The van der Waals surface area contributed by atoms with E-state index in [0.29, 0.717) is 0 Å². The van der Waals surface area contributed by atoms with E-state index < -0.39 is 48.4 Å². The van der Waals surface area contributed by atoms with E-state index in [1.165, 1.54) is 0 Å². The molecule has 6 N–H and O–H groups in total. The zero-order chi connectivity index (χ0) is 13.2. The second kappa shape index (κ2) is 10.3. The Morgan fingerprint density at radius 1 is 0.812 bits per heavy atom. The Hall–Kier alpha value is 0.180. The van der Waals surface area contributed by atoms with Crippen molar-refractivity contribution in [1.82, 2.24) is 0 Å². The highest BCUT2D eigenvalue weighted by Crippen LogP contribution is 2.30. The molecule has 0 spiro atoms.